The number of rotatable bonds is 4. The normalized spacial score (nSPS) is 32.6. The molecule has 1 saturated carbocycles. The number of aliphatic carboxylic acids is 1. The van der Waals surface area contributed by atoms with Crippen LogP contribution in [0.25, 0.3) is 0 Å². The van der Waals surface area contributed by atoms with Crippen molar-refractivity contribution in [1.29, 1.82) is 0 Å². The molecule has 0 aromatic rings. The minimum Gasteiger partial charge on any atom is -0.479 e. The first kappa shape index (κ1) is 17.1. The van der Waals surface area contributed by atoms with Crippen LogP contribution in [0.15, 0.2) is 0 Å². The Labute approximate surface area is 137 Å². The number of nitrogens with zero attached hydrogens (tertiary/aromatic N) is 2. The van der Waals surface area contributed by atoms with E-state index in [1.165, 1.54) is 17.1 Å². The summed E-state index contributed by atoms with van der Waals surface area (Å²) in [5, 5.41) is 18.5. The molecule has 2 heterocycles. The summed E-state index contributed by atoms with van der Waals surface area (Å²) >= 11 is 0. The molecule has 23 heavy (non-hydrogen) atoms. The van der Waals surface area contributed by atoms with Crippen LogP contribution in [0.5, 0.6) is 0 Å². The van der Waals surface area contributed by atoms with Gasteiger partial charge in [-0.15, -0.1) is 0 Å². The summed E-state index contributed by atoms with van der Waals surface area (Å²) in [6.45, 7) is 1.85. The molecule has 132 valence electrons. The Morgan fingerprint density at radius 1 is 0.957 bits per heavy atom. The SMILES string of the molecule is O=C(O)C(O)C1CCN(S(=O)(=O)N2C[C@H]3CCCC[C@H]3C2)CC1. The highest BCUT2D eigenvalue weighted by Gasteiger charge is 2.43. The van der Waals surface area contributed by atoms with E-state index in [1.54, 1.807) is 4.31 Å². The lowest BCUT2D eigenvalue weighted by atomic mass is 9.82. The molecule has 2 aliphatic heterocycles. The lowest BCUT2D eigenvalue weighted by Gasteiger charge is -2.34. The number of carboxylic acid groups (broad SMARTS) is 1. The van der Waals surface area contributed by atoms with Gasteiger partial charge in [-0.05, 0) is 43.4 Å². The number of hydrogen-bond acceptors (Lipinski definition) is 4. The van der Waals surface area contributed by atoms with E-state index in [9.17, 15) is 18.3 Å². The van der Waals surface area contributed by atoms with E-state index in [4.69, 9.17) is 5.11 Å². The third kappa shape index (κ3) is 3.40. The molecule has 2 saturated heterocycles. The van der Waals surface area contributed by atoms with Crippen molar-refractivity contribution < 1.29 is 23.4 Å². The maximum atomic E-state index is 12.8. The predicted molar refractivity (Wildman–Crippen MR) is 83.9 cm³/mol. The number of aliphatic hydroxyl groups is 1. The van der Waals surface area contributed by atoms with Gasteiger partial charge in [-0.3, -0.25) is 0 Å². The maximum absolute atomic E-state index is 12.8. The third-order valence-corrected chi connectivity index (χ3v) is 7.76. The molecular formula is C15H26N2O5S. The molecule has 7 nitrogen and oxygen atoms in total. The van der Waals surface area contributed by atoms with Crippen LogP contribution in [0.2, 0.25) is 0 Å². The van der Waals surface area contributed by atoms with Crippen LogP contribution in [0.1, 0.15) is 38.5 Å². The molecule has 1 unspecified atom stereocenters. The molecule has 3 fully saturated rings. The average molecular weight is 346 g/mol. The van der Waals surface area contributed by atoms with E-state index >= 15 is 0 Å². The quantitative estimate of drug-likeness (QED) is 0.773. The van der Waals surface area contributed by atoms with Crippen LogP contribution in [-0.2, 0) is 15.0 Å². The van der Waals surface area contributed by atoms with Crippen molar-refractivity contribution in [3.05, 3.63) is 0 Å². The first-order valence-electron chi connectivity index (χ1n) is 8.55. The van der Waals surface area contributed by atoms with Crippen LogP contribution in [0.3, 0.4) is 0 Å². The van der Waals surface area contributed by atoms with E-state index in [2.05, 4.69) is 0 Å². The molecule has 3 aliphatic rings. The summed E-state index contributed by atoms with van der Waals surface area (Å²) in [6, 6.07) is 0. The standard InChI is InChI=1S/C15H26N2O5S/c18-14(15(19)20)11-5-7-16(8-6-11)23(21,22)17-9-12-3-1-2-4-13(12)10-17/h11-14,18H,1-10H2,(H,19,20)/t12-,13+,14?. The van der Waals surface area contributed by atoms with Crippen molar-refractivity contribution in [3.8, 4) is 0 Å². The molecule has 3 rings (SSSR count). The van der Waals surface area contributed by atoms with Gasteiger partial charge in [0.15, 0.2) is 6.10 Å². The number of aliphatic hydroxyl groups excluding tert-OH is 1. The topological polar surface area (TPSA) is 98.1 Å². The molecule has 2 N–H and O–H groups in total. The predicted octanol–water partition coefficient (Wildman–Crippen LogP) is 0.511. The minimum absolute atomic E-state index is 0.295. The van der Waals surface area contributed by atoms with Gasteiger partial charge in [-0.2, -0.15) is 17.0 Å². The summed E-state index contributed by atoms with van der Waals surface area (Å²) in [4.78, 5) is 10.8. The summed E-state index contributed by atoms with van der Waals surface area (Å²) in [6.07, 6.45) is 4.06. The van der Waals surface area contributed by atoms with Gasteiger partial charge in [0.05, 0.1) is 0 Å². The van der Waals surface area contributed by atoms with Crippen molar-refractivity contribution >= 4 is 16.2 Å². The second-order valence-electron chi connectivity index (χ2n) is 7.15. The van der Waals surface area contributed by atoms with Crippen molar-refractivity contribution in [1.82, 2.24) is 8.61 Å². The monoisotopic (exact) mass is 346 g/mol. The molecular weight excluding hydrogens is 320 g/mol. The fraction of sp³-hybridized carbons (Fsp3) is 0.933. The molecule has 0 radical (unpaired) electrons. The lowest BCUT2D eigenvalue weighted by Crippen LogP contribution is -2.48. The summed E-state index contributed by atoms with van der Waals surface area (Å²) in [7, 11) is -3.45. The van der Waals surface area contributed by atoms with E-state index < -0.39 is 22.3 Å². The van der Waals surface area contributed by atoms with Gasteiger partial charge in [-0.25, -0.2) is 4.79 Å². The zero-order valence-electron chi connectivity index (χ0n) is 13.3. The molecule has 0 amide bonds. The summed E-state index contributed by atoms with van der Waals surface area (Å²) < 4.78 is 28.7. The zero-order valence-corrected chi connectivity index (χ0v) is 14.1. The Morgan fingerprint density at radius 3 is 1.96 bits per heavy atom. The van der Waals surface area contributed by atoms with E-state index in [0.717, 1.165) is 12.8 Å². The van der Waals surface area contributed by atoms with Gasteiger partial charge in [0.1, 0.15) is 0 Å². The van der Waals surface area contributed by atoms with Crippen molar-refractivity contribution in [2.45, 2.75) is 44.6 Å². The fourth-order valence-electron chi connectivity index (χ4n) is 4.34. The second-order valence-corrected chi connectivity index (χ2v) is 9.08. The zero-order chi connectivity index (χ0) is 16.6. The molecule has 3 atom stereocenters. The van der Waals surface area contributed by atoms with Gasteiger partial charge in [0.25, 0.3) is 10.2 Å². The number of piperidine rings is 1. The highest BCUT2D eigenvalue weighted by Crippen LogP contribution is 2.38. The molecule has 0 spiro atoms. The van der Waals surface area contributed by atoms with Crippen LogP contribution in [0, 0.1) is 17.8 Å². The van der Waals surface area contributed by atoms with Crippen molar-refractivity contribution in [2.75, 3.05) is 26.2 Å². The van der Waals surface area contributed by atoms with Gasteiger partial charge in [0.2, 0.25) is 0 Å². The third-order valence-electron chi connectivity index (χ3n) is 5.79. The lowest BCUT2D eigenvalue weighted by molar-refractivity contribution is -0.150. The highest BCUT2D eigenvalue weighted by atomic mass is 32.2. The molecule has 0 bridgehead atoms. The number of fused-ring (bicyclic) bond motifs is 1. The molecule has 1 aliphatic carbocycles. The summed E-state index contributed by atoms with van der Waals surface area (Å²) in [5.74, 6) is -0.579. The van der Waals surface area contributed by atoms with Crippen LogP contribution in [0.4, 0.5) is 0 Å². The van der Waals surface area contributed by atoms with Gasteiger partial charge in [0, 0.05) is 26.2 Å². The second kappa shape index (κ2) is 6.66. The minimum atomic E-state index is -3.45. The molecule has 0 aromatic carbocycles. The van der Waals surface area contributed by atoms with Crippen LogP contribution < -0.4 is 0 Å². The smallest absolute Gasteiger partial charge is 0.332 e. The molecule has 8 heteroatoms. The average Bonchev–Trinajstić information content (AvgIpc) is 2.99. The van der Waals surface area contributed by atoms with Gasteiger partial charge < -0.3 is 10.2 Å². The largest absolute Gasteiger partial charge is 0.479 e. The fourth-order valence-corrected chi connectivity index (χ4v) is 6.10. The van der Waals surface area contributed by atoms with E-state index in [0.29, 0.717) is 50.9 Å². The first-order chi connectivity index (χ1) is 10.9. The maximum Gasteiger partial charge on any atom is 0.332 e. The van der Waals surface area contributed by atoms with Gasteiger partial charge in [-0.1, -0.05) is 12.8 Å². The Kier molecular flexibility index (Phi) is 4.96. The Morgan fingerprint density at radius 2 is 1.48 bits per heavy atom. The highest BCUT2D eigenvalue weighted by molar-refractivity contribution is 7.86. The number of hydrogen-bond donors (Lipinski definition) is 2. The van der Waals surface area contributed by atoms with Crippen LogP contribution >= 0.6 is 0 Å². The molecule has 0 aromatic heterocycles. The first-order valence-corrected chi connectivity index (χ1v) is 9.95. The Balaban J connectivity index is 1.60. The van der Waals surface area contributed by atoms with E-state index in [1.807, 2.05) is 0 Å². The Bertz CT molecular complexity index is 530. The summed E-state index contributed by atoms with van der Waals surface area (Å²) in [5.41, 5.74) is 0. The Hall–Kier alpha value is -0.700. The van der Waals surface area contributed by atoms with Crippen molar-refractivity contribution in [3.63, 3.8) is 0 Å². The van der Waals surface area contributed by atoms with E-state index in [-0.39, 0.29) is 5.92 Å². The van der Waals surface area contributed by atoms with Crippen molar-refractivity contribution in [2.24, 2.45) is 17.8 Å². The number of carboxylic acids is 1. The number of carbonyl (C=O) groups is 1. The van der Waals surface area contributed by atoms with Crippen LogP contribution in [-0.4, -0.2) is 65.5 Å². The van der Waals surface area contributed by atoms with Gasteiger partial charge >= 0.3 is 5.97 Å².